The van der Waals surface area contributed by atoms with Crippen molar-refractivity contribution in [3.05, 3.63) is 35.7 Å². The summed E-state index contributed by atoms with van der Waals surface area (Å²) in [5.74, 6) is 1.06. The van der Waals surface area contributed by atoms with Crippen LogP contribution in [-0.2, 0) is 0 Å². The summed E-state index contributed by atoms with van der Waals surface area (Å²) < 4.78 is 6.84. The SMILES string of the molecule is COc1ccc(-n2nnc(C(=O)N3CC(CN)CC3C)c2C)cc1. The molecule has 1 fully saturated rings. The Morgan fingerprint density at radius 2 is 2.08 bits per heavy atom. The van der Waals surface area contributed by atoms with Crippen molar-refractivity contribution in [2.24, 2.45) is 11.7 Å². The van der Waals surface area contributed by atoms with E-state index in [4.69, 9.17) is 10.5 Å². The van der Waals surface area contributed by atoms with Gasteiger partial charge in [0.2, 0.25) is 0 Å². The van der Waals surface area contributed by atoms with E-state index in [0.29, 0.717) is 24.7 Å². The molecule has 1 saturated heterocycles. The Bertz CT molecular complexity index is 725. The van der Waals surface area contributed by atoms with Gasteiger partial charge in [0.05, 0.1) is 18.5 Å². The van der Waals surface area contributed by atoms with E-state index in [1.54, 1.807) is 11.8 Å². The molecule has 2 aromatic rings. The molecule has 1 aromatic heterocycles. The number of aromatic nitrogens is 3. The zero-order valence-corrected chi connectivity index (χ0v) is 14.3. The summed E-state index contributed by atoms with van der Waals surface area (Å²) in [7, 11) is 1.62. The lowest BCUT2D eigenvalue weighted by molar-refractivity contribution is 0.0736. The molecule has 1 aliphatic rings. The fourth-order valence-electron chi connectivity index (χ4n) is 3.23. The standard InChI is InChI=1S/C17H23N5O2/c1-11-8-13(9-18)10-21(11)17(23)16-12(2)22(20-19-16)14-4-6-15(24-3)7-5-14/h4-7,11,13H,8-10,18H2,1-3H3. The molecular formula is C17H23N5O2. The van der Waals surface area contributed by atoms with Crippen LogP contribution >= 0.6 is 0 Å². The fraction of sp³-hybridized carbons (Fsp3) is 0.471. The van der Waals surface area contributed by atoms with Gasteiger partial charge < -0.3 is 15.4 Å². The first-order chi connectivity index (χ1) is 11.5. The number of rotatable bonds is 4. The predicted octanol–water partition coefficient (Wildman–Crippen LogP) is 1.39. The summed E-state index contributed by atoms with van der Waals surface area (Å²) in [6.07, 6.45) is 0.938. The van der Waals surface area contributed by atoms with E-state index in [0.717, 1.165) is 23.6 Å². The smallest absolute Gasteiger partial charge is 0.276 e. The lowest BCUT2D eigenvalue weighted by Gasteiger charge is -2.20. The Labute approximate surface area is 141 Å². The van der Waals surface area contributed by atoms with E-state index in [9.17, 15) is 4.79 Å². The number of hydrogen-bond donors (Lipinski definition) is 1. The van der Waals surface area contributed by atoms with E-state index in [-0.39, 0.29) is 11.9 Å². The Balaban J connectivity index is 1.85. The third-order valence-corrected chi connectivity index (χ3v) is 4.67. The van der Waals surface area contributed by atoms with Crippen molar-refractivity contribution in [1.82, 2.24) is 19.9 Å². The topological polar surface area (TPSA) is 86.3 Å². The molecule has 128 valence electrons. The maximum absolute atomic E-state index is 12.8. The minimum absolute atomic E-state index is 0.0734. The summed E-state index contributed by atoms with van der Waals surface area (Å²) >= 11 is 0. The number of ether oxygens (including phenoxy) is 1. The first-order valence-electron chi connectivity index (χ1n) is 8.13. The highest BCUT2D eigenvalue weighted by Gasteiger charge is 2.34. The van der Waals surface area contributed by atoms with Crippen LogP contribution in [-0.4, -0.2) is 52.0 Å². The molecule has 7 heteroatoms. The van der Waals surface area contributed by atoms with Crippen molar-refractivity contribution >= 4 is 5.91 Å². The van der Waals surface area contributed by atoms with Crippen LogP contribution in [0, 0.1) is 12.8 Å². The predicted molar refractivity (Wildman–Crippen MR) is 90.3 cm³/mol. The van der Waals surface area contributed by atoms with Crippen LogP contribution in [0.5, 0.6) is 5.75 Å². The number of likely N-dealkylation sites (tertiary alicyclic amines) is 1. The second kappa shape index (κ2) is 6.60. The first-order valence-corrected chi connectivity index (χ1v) is 8.13. The highest BCUT2D eigenvalue weighted by molar-refractivity contribution is 5.93. The van der Waals surface area contributed by atoms with Crippen molar-refractivity contribution in [2.75, 3.05) is 20.2 Å². The summed E-state index contributed by atoms with van der Waals surface area (Å²) in [4.78, 5) is 14.7. The molecule has 2 unspecified atom stereocenters. The van der Waals surface area contributed by atoms with Crippen molar-refractivity contribution < 1.29 is 9.53 Å². The minimum Gasteiger partial charge on any atom is -0.497 e. The molecule has 7 nitrogen and oxygen atoms in total. The number of carbonyl (C=O) groups is 1. The number of amides is 1. The monoisotopic (exact) mass is 329 g/mol. The van der Waals surface area contributed by atoms with Crippen LogP contribution in [0.4, 0.5) is 0 Å². The average molecular weight is 329 g/mol. The third kappa shape index (κ3) is 2.87. The van der Waals surface area contributed by atoms with E-state index in [1.807, 2.05) is 36.1 Å². The molecule has 2 atom stereocenters. The molecule has 0 radical (unpaired) electrons. The van der Waals surface area contributed by atoms with Crippen LogP contribution < -0.4 is 10.5 Å². The molecule has 3 rings (SSSR count). The second-order valence-corrected chi connectivity index (χ2v) is 6.28. The van der Waals surface area contributed by atoms with E-state index in [2.05, 4.69) is 17.2 Å². The van der Waals surface area contributed by atoms with Gasteiger partial charge in [0.1, 0.15) is 5.75 Å². The lowest BCUT2D eigenvalue weighted by atomic mass is 10.1. The van der Waals surface area contributed by atoms with E-state index >= 15 is 0 Å². The molecule has 2 N–H and O–H groups in total. The number of methoxy groups -OCH3 is 1. The summed E-state index contributed by atoms with van der Waals surface area (Å²) in [6.45, 7) is 5.20. The van der Waals surface area contributed by atoms with E-state index < -0.39 is 0 Å². The van der Waals surface area contributed by atoms with Crippen LogP contribution in [0.1, 0.15) is 29.5 Å². The zero-order valence-electron chi connectivity index (χ0n) is 14.3. The summed E-state index contributed by atoms with van der Waals surface area (Å²) in [5.41, 5.74) is 7.72. The molecule has 2 heterocycles. The first kappa shape index (κ1) is 16.4. The quantitative estimate of drug-likeness (QED) is 0.916. The maximum Gasteiger partial charge on any atom is 0.276 e. The number of nitrogens with zero attached hydrogens (tertiary/aromatic N) is 4. The number of benzene rings is 1. The maximum atomic E-state index is 12.8. The van der Waals surface area contributed by atoms with Crippen LogP contribution in [0.25, 0.3) is 5.69 Å². The van der Waals surface area contributed by atoms with Crippen LogP contribution in [0.2, 0.25) is 0 Å². The van der Waals surface area contributed by atoms with Crippen LogP contribution in [0.3, 0.4) is 0 Å². The van der Waals surface area contributed by atoms with Crippen molar-refractivity contribution in [3.63, 3.8) is 0 Å². The van der Waals surface area contributed by atoms with E-state index in [1.165, 1.54) is 0 Å². The number of nitrogens with two attached hydrogens (primary N) is 1. The lowest BCUT2D eigenvalue weighted by Crippen LogP contribution is -2.35. The van der Waals surface area contributed by atoms with Gasteiger partial charge in [-0.2, -0.15) is 0 Å². The number of hydrogen-bond acceptors (Lipinski definition) is 5. The zero-order chi connectivity index (χ0) is 17.3. The average Bonchev–Trinajstić information content (AvgIpc) is 3.17. The molecule has 0 spiro atoms. The van der Waals surface area contributed by atoms with Gasteiger partial charge in [-0.3, -0.25) is 4.79 Å². The molecule has 0 saturated carbocycles. The third-order valence-electron chi connectivity index (χ3n) is 4.67. The fourth-order valence-corrected chi connectivity index (χ4v) is 3.23. The normalized spacial score (nSPS) is 20.4. The highest BCUT2D eigenvalue weighted by Crippen LogP contribution is 2.25. The van der Waals surface area contributed by atoms with Gasteiger partial charge >= 0.3 is 0 Å². The molecule has 1 amide bonds. The molecule has 24 heavy (non-hydrogen) atoms. The Hall–Kier alpha value is -2.41. The van der Waals surface area contributed by atoms with Gasteiger partial charge in [0.25, 0.3) is 5.91 Å². The molecule has 1 aromatic carbocycles. The molecule has 0 bridgehead atoms. The van der Waals surface area contributed by atoms with Crippen molar-refractivity contribution in [3.8, 4) is 11.4 Å². The van der Waals surface area contributed by atoms with Gasteiger partial charge in [-0.05, 0) is 57.0 Å². The second-order valence-electron chi connectivity index (χ2n) is 6.28. The summed E-state index contributed by atoms with van der Waals surface area (Å²) in [6, 6.07) is 7.66. The molecule has 1 aliphatic heterocycles. The van der Waals surface area contributed by atoms with Gasteiger partial charge in [0.15, 0.2) is 5.69 Å². The van der Waals surface area contributed by atoms with Gasteiger partial charge in [-0.25, -0.2) is 4.68 Å². The minimum atomic E-state index is -0.0734. The largest absolute Gasteiger partial charge is 0.497 e. The Morgan fingerprint density at radius 3 is 2.67 bits per heavy atom. The van der Waals surface area contributed by atoms with Crippen molar-refractivity contribution in [1.29, 1.82) is 0 Å². The summed E-state index contributed by atoms with van der Waals surface area (Å²) in [5, 5.41) is 8.28. The molecular weight excluding hydrogens is 306 g/mol. The van der Waals surface area contributed by atoms with Crippen molar-refractivity contribution in [2.45, 2.75) is 26.3 Å². The Kier molecular flexibility index (Phi) is 4.53. The van der Waals surface area contributed by atoms with Gasteiger partial charge in [-0.15, -0.1) is 5.10 Å². The number of carbonyl (C=O) groups excluding carboxylic acids is 1. The molecule has 0 aliphatic carbocycles. The Morgan fingerprint density at radius 1 is 1.38 bits per heavy atom. The highest BCUT2D eigenvalue weighted by atomic mass is 16.5. The van der Waals surface area contributed by atoms with Gasteiger partial charge in [-0.1, -0.05) is 5.21 Å². The van der Waals surface area contributed by atoms with Crippen LogP contribution in [0.15, 0.2) is 24.3 Å². The van der Waals surface area contributed by atoms with Gasteiger partial charge in [0, 0.05) is 12.6 Å².